The van der Waals surface area contributed by atoms with Crippen molar-refractivity contribution in [2.45, 2.75) is 56.3 Å². The number of para-hydroxylation sites is 1. The third-order valence-corrected chi connectivity index (χ3v) is 8.30. The molecule has 5 N–H and O–H groups in total. The summed E-state index contributed by atoms with van der Waals surface area (Å²) < 4.78 is 42.9. The number of carbonyl (C=O) groups excluding carboxylic acids is 1. The molecule has 15 nitrogen and oxygen atoms in total. The Morgan fingerprint density at radius 3 is 2.69 bits per heavy atom. The second-order valence-electron chi connectivity index (χ2n) is 10.3. The molecule has 1 aromatic carbocycles. The van der Waals surface area contributed by atoms with Gasteiger partial charge in [-0.15, -0.1) is 0 Å². The maximum absolute atomic E-state index is 13.9. The quantitative estimate of drug-likeness (QED) is 0.170. The highest BCUT2D eigenvalue weighted by atomic mass is 31.2. The van der Waals surface area contributed by atoms with Gasteiger partial charge in [-0.1, -0.05) is 18.2 Å². The summed E-state index contributed by atoms with van der Waals surface area (Å²) in [5, 5.41) is 38.6. The highest BCUT2D eigenvalue weighted by molar-refractivity contribution is 7.52. The van der Waals surface area contributed by atoms with Crippen molar-refractivity contribution in [3.8, 4) is 11.8 Å². The Kier molecular flexibility index (Phi) is 9.19. The minimum atomic E-state index is -4.45. The van der Waals surface area contributed by atoms with Crippen LogP contribution in [0.2, 0.25) is 0 Å². The van der Waals surface area contributed by atoms with E-state index in [1.165, 1.54) is 37.0 Å². The highest BCUT2D eigenvalue weighted by Gasteiger charge is 2.57. The Hall–Kier alpha value is -3.61. The topological polar surface area (TPSA) is 213 Å². The lowest BCUT2D eigenvalue weighted by Crippen LogP contribution is -2.46. The predicted molar refractivity (Wildman–Crippen MR) is 147 cm³/mol. The van der Waals surface area contributed by atoms with Crippen molar-refractivity contribution in [1.82, 2.24) is 19.7 Å². The van der Waals surface area contributed by atoms with Crippen molar-refractivity contribution in [2.75, 3.05) is 26.1 Å². The van der Waals surface area contributed by atoms with Gasteiger partial charge in [0.1, 0.15) is 61.2 Å². The van der Waals surface area contributed by atoms with E-state index in [0.717, 1.165) is 0 Å². The fourth-order valence-corrected chi connectivity index (χ4v) is 5.61. The van der Waals surface area contributed by atoms with Crippen LogP contribution in [0.4, 0.5) is 5.82 Å². The summed E-state index contributed by atoms with van der Waals surface area (Å²) >= 11 is 0. The number of nitriles is 1. The van der Waals surface area contributed by atoms with E-state index in [0.29, 0.717) is 5.52 Å². The Morgan fingerprint density at radius 2 is 2.02 bits per heavy atom. The smallest absolute Gasteiger partial charge is 0.459 e. The normalized spacial score (nSPS) is 24.5. The average Bonchev–Trinajstić information content (AvgIpc) is 3.51. The summed E-state index contributed by atoms with van der Waals surface area (Å²) in [6, 6.07) is 11.8. The maximum Gasteiger partial charge on any atom is 0.459 e. The van der Waals surface area contributed by atoms with Crippen molar-refractivity contribution >= 4 is 25.1 Å². The maximum atomic E-state index is 13.9. The molecule has 1 aliphatic rings. The highest BCUT2D eigenvalue weighted by Crippen LogP contribution is 2.48. The summed E-state index contributed by atoms with van der Waals surface area (Å²) in [5.41, 5.74) is 3.63. The molecule has 1 aliphatic heterocycles. The van der Waals surface area contributed by atoms with Gasteiger partial charge in [-0.05, 0) is 45.0 Å². The van der Waals surface area contributed by atoms with Gasteiger partial charge in [0.2, 0.25) is 5.60 Å². The van der Waals surface area contributed by atoms with E-state index >= 15 is 0 Å². The third kappa shape index (κ3) is 6.55. The monoisotopic (exact) mass is 604 g/mol. The Balaban J connectivity index is 1.56. The van der Waals surface area contributed by atoms with Crippen LogP contribution in [0.15, 0.2) is 48.8 Å². The molecule has 0 aliphatic carbocycles. The molecule has 0 spiro atoms. The number of carbonyl (C=O) groups is 1. The van der Waals surface area contributed by atoms with E-state index < -0.39 is 55.9 Å². The molecule has 0 radical (unpaired) electrons. The number of hydrogen-bond donors (Lipinski definition) is 4. The van der Waals surface area contributed by atoms with Crippen LogP contribution in [0.3, 0.4) is 0 Å². The molecule has 2 aromatic heterocycles. The number of hydrogen-bond acceptors (Lipinski definition) is 13. The summed E-state index contributed by atoms with van der Waals surface area (Å²) in [4.78, 5) is 16.6. The van der Waals surface area contributed by atoms with E-state index in [1.54, 1.807) is 44.2 Å². The van der Waals surface area contributed by atoms with Gasteiger partial charge in [-0.3, -0.25) is 9.32 Å². The van der Waals surface area contributed by atoms with Crippen molar-refractivity contribution in [2.24, 2.45) is 0 Å². The first kappa shape index (κ1) is 31.3. The molecule has 3 aromatic rings. The van der Waals surface area contributed by atoms with Crippen LogP contribution in [0.1, 0.15) is 32.6 Å². The van der Waals surface area contributed by atoms with Gasteiger partial charge in [0, 0.05) is 7.11 Å². The number of aliphatic hydroxyl groups is 2. The average molecular weight is 605 g/mol. The number of benzene rings is 1. The SMILES string of the molecule is COC(C)(C)COC(=O)[C@H](C)NP(=O)(OC[C@@]1(C#N)O[C@@H](c2ccc3c(N)ncnn23)[C@H](O)[C@@H]1O)Oc1ccccc1. The summed E-state index contributed by atoms with van der Waals surface area (Å²) in [6.45, 7) is 3.92. The predicted octanol–water partition coefficient (Wildman–Crippen LogP) is 1.52. The first-order chi connectivity index (χ1) is 19.8. The third-order valence-electron chi connectivity index (χ3n) is 6.68. The molecule has 42 heavy (non-hydrogen) atoms. The van der Waals surface area contributed by atoms with Crippen LogP contribution in [0, 0.1) is 11.3 Å². The minimum Gasteiger partial charge on any atom is -0.461 e. The Bertz CT molecular complexity index is 1500. The lowest BCUT2D eigenvalue weighted by atomic mass is 9.96. The van der Waals surface area contributed by atoms with Crippen molar-refractivity contribution < 1.29 is 42.8 Å². The summed E-state index contributed by atoms with van der Waals surface area (Å²) in [6.07, 6.45) is -3.46. The van der Waals surface area contributed by atoms with E-state index in [9.17, 15) is 24.8 Å². The van der Waals surface area contributed by atoms with Gasteiger partial charge in [0.25, 0.3) is 0 Å². The first-order valence-corrected chi connectivity index (χ1v) is 14.4. The standard InChI is InChI=1S/C26H33N6O9P/c1-16(24(35)38-13-25(2,3)37-4)31-42(36,41-17-8-6-5-7-9-17)39-14-26(12-27)22(34)20(33)21(40-26)18-10-11-19-23(28)29-15-30-32(18)19/h5-11,15-16,20-22,33-34H,13-14H2,1-4H3,(H,31,36)(H2,28,29,30)/t16-,20-,21-,22-,26+,42?/m0/s1. The number of rotatable bonds is 12. The van der Waals surface area contributed by atoms with Crippen molar-refractivity contribution in [1.29, 1.82) is 5.26 Å². The van der Waals surface area contributed by atoms with Crippen LogP contribution >= 0.6 is 7.75 Å². The number of methoxy groups -OCH3 is 1. The largest absolute Gasteiger partial charge is 0.461 e. The number of nitrogens with zero attached hydrogens (tertiary/aromatic N) is 4. The molecule has 226 valence electrons. The number of aliphatic hydroxyl groups excluding tert-OH is 2. The first-order valence-electron chi connectivity index (χ1n) is 12.9. The van der Waals surface area contributed by atoms with Crippen LogP contribution in [-0.4, -0.2) is 80.6 Å². The summed E-state index contributed by atoms with van der Waals surface area (Å²) in [5.74, 6) is -0.476. The molecule has 16 heteroatoms. The van der Waals surface area contributed by atoms with E-state index in [2.05, 4.69) is 15.2 Å². The van der Waals surface area contributed by atoms with Gasteiger partial charge in [0.15, 0.2) is 5.82 Å². The van der Waals surface area contributed by atoms with Gasteiger partial charge in [-0.2, -0.15) is 15.4 Å². The van der Waals surface area contributed by atoms with Crippen LogP contribution in [0.25, 0.3) is 5.52 Å². The van der Waals surface area contributed by atoms with E-state index in [4.69, 9.17) is 29.0 Å². The molecule has 0 saturated carbocycles. The second kappa shape index (κ2) is 12.3. The number of ether oxygens (including phenoxy) is 3. The van der Waals surface area contributed by atoms with Gasteiger partial charge in [0.05, 0.1) is 11.3 Å². The number of anilines is 1. The number of aromatic nitrogens is 3. The van der Waals surface area contributed by atoms with Gasteiger partial charge >= 0.3 is 13.7 Å². The van der Waals surface area contributed by atoms with Gasteiger partial charge < -0.3 is 34.7 Å². The molecular formula is C26H33N6O9P. The van der Waals surface area contributed by atoms with Crippen LogP contribution < -0.4 is 15.3 Å². The number of fused-ring (bicyclic) bond motifs is 1. The van der Waals surface area contributed by atoms with Crippen molar-refractivity contribution in [3.05, 3.63) is 54.5 Å². The zero-order valence-electron chi connectivity index (χ0n) is 23.4. The molecule has 0 amide bonds. The van der Waals surface area contributed by atoms with E-state index in [-0.39, 0.29) is 23.9 Å². The molecule has 1 unspecified atom stereocenters. The number of esters is 1. The number of nitrogens with two attached hydrogens (primary N) is 1. The lowest BCUT2D eigenvalue weighted by Gasteiger charge is -2.28. The van der Waals surface area contributed by atoms with Crippen LogP contribution in [-0.2, 0) is 28.1 Å². The zero-order valence-corrected chi connectivity index (χ0v) is 24.3. The fourth-order valence-electron chi connectivity index (χ4n) is 4.09. The minimum absolute atomic E-state index is 0.0824. The number of nitrogen functional groups attached to an aromatic ring is 1. The van der Waals surface area contributed by atoms with Crippen molar-refractivity contribution in [3.63, 3.8) is 0 Å². The fraction of sp³-hybridized carbons (Fsp3) is 0.462. The molecule has 6 atom stereocenters. The summed E-state index contributed by atoms with van der Waals surface area (Å²) in [7, 11) is -2.98. The Labute approximate surface area is 241 Å². The second-order valence-corrected chi connectivity index (χ2v) is 12.0. The lowest BCUT2D eigenvalue weighted by molar-refractivity contribution is -0.153. The molecule has 1 saturated heterocycles. The molecular weight excluding hydrogens is 571 g/mol. The molecule has 0 bridgehead atoms. The van der Waals surface area contributed by atoms with E-state index in [1.807, 2.05) is 6.07 Å². The van der Waals surface area contributed by atoms with Gasteiger partial charge in [-0.25, -0.2) is 14.1 Å². The molecule has 4 rings (SSSR count). The Morgan fingerprint density at radius 1 is 1.31 bits per heavy atom. The zero-order chi connectivity index (χ0) is 30.7. The molecule has 3 heterocycles. The number of nitrogens with one attached hydrogen (secondary N) is 1. The molecule has 1 fully saturated rings. The van der Waals surface area contributed by atoms with Crippen LogP contribution in [0.5, 0.6) is 5.75 Å².